The molecule has 6 N–H and O–H groups in total. The van der Waals surface area contributed by atoms with E-state index in [4.69, 9.17) is 13.6 Å². The normalized spacial score (nSPS) is 13.6. The third-order valence-electron chi connectivity index (χ3n) is 13.9. The number of phenolic OH excluding ortho intramolecular Hbond substituents is 6. The molecular formula is C59H78O9Si2. The Bertz CT molecular complexity index is 2430. The zero-order valence-corrected chi connectivity index (χ0v) is 45.2. The summed E-state index contributed by atoms with van der Waals surface area (Å²) in [5, 5.41) is 57.8. The fraction of sp³-hybridized carbons (Fsp3) is 0.390. The van der Waals surface area contributed by atoms with Crippen molar-refractivity contribution in [2.75, 3.05) is 14.2 Å². The number of benzene rings is 6. The summed E-state index contributed by atoms with van der Waals surface area (Å²) in [7, 11) is -0.344. The maximum absolute atomic E-state index is 9.84. The van der Waals surface area contributed by atoms with Crippen LogP contribution in [-0.4, -0.2) is 61.5 Å². The Morgan fingerprint density at radius 1 is 0.486 bits per heavy atom. The van der Waals surface area contributed by atoms with Gasteiger partial charge < -0.3 is 44.2 Å². The van der Waals surface area contributed by atoms with Crippen molar-refractivity contribution in [1.29, 1.82) is 0 Å². The maximum atomic E-state index is 9.84. The van der Waals surface area contributed by atoms with Gasteiger partial charge in [0, 0.05) is 10.8 Å². The molecule has 9 nitrogen and oxygen atoms in total. The number of ether oxygens (including phenoxy) is 2. The zero-order valence-electron chi connectivity index (χ0n) is 43.2. The lowest BCUT2D eigenvalue weighted by atomic mass is 9.65. The van der Waals surface area contributed by atoms with E-state index in [2.05, 4.69) is 64.3 Å². The predicted molar refractivity (Wildman–Crippen MR) is 290 cm³/mol. The molecule has 0 amide bonds. The highest BCUT2D eigenvalue weighted by Gasteiger charge is 2.36. The van der Waals surface area contributed by atoms with Crippen molar-refractivity contribution in [2.24, 2.45) is 0 Å². The second-order valence-electron chi connectivity index (χ2n) is 20.7. The Hall–Kier alpha value is -5.89. The average Bonchev–Trinajstić information content (AvgIpc) is 3.32. The molecule has 0 saturated heterocycles. The van der Waals surface area contributed by atoms with Crippen molar-refractivity contribution in [3.8, 4) is 46.0 Å². The van der Waals surface area contributed by atoms with Crippen molar-refractivity contribution in [2.45, 2.75) is 135 Å². The van der Waals surface area contributed by atoms with Crippen molar-refractivity contribution < 1.29 is 44.2 Å². The van der Waals surface area contributed by atoms with Crippen molar-refractivity contribution in [1.82, 2.24) is 0 Å². The molecule has 1 aliphatic rings. The summed E-state index contributed by atoms with van der Waals surface area (Å²) in [5.41, 5.74) is 8.90. The molecule has 6 aromatic carbocycles. The summed E-state index contributed by atoms with van der Waals surface area (Å²) < 4.78 is 17.2. The number of rotatable bonds is 16. The van der Waals surface area contributed by atoms with Gasteiger partial charge in [-0.2, -0.15) is 0 Å². The summed E-state index contributed by atoms with van der Waals surface area (Å²) in [5.74, 6) is 2.69. The van der Waals surface area contributed by atoms with E-state index in [1.165, 1.54) is 41.5 Å². The highest BCUT2D eigenvalue weighted by atomic mass is 28.4. The van der Waals surface area contributed by atoms with Gasteiger partial charge in [-0.3, -0.25) is 0 Å². The van der Waals surface area contributed by atoms with Crippen LogP contribution in [-0.2, 0) is 27.8 Å². The monoisotopic (exact) mass is 987 g/mol. The summed E-state index contributed by atoms with van der Waals surface area (Å²) in [6.45, 7) is 17.4. The van der Waals surface area contributed by atoms with Gasteiger partial charge in [0.25, 0.3) is 0 Å². The van der Waals surface area contributed by atoms with Gasteiger partial charge in [-0.25, -0.2) is 0 Å². The minimum Gasteiger partial charge on any atom is -0.508 e. The quantitative estimate of drug-likeness (QED) is 0.0521. The van der Waals surface area contributed by atoms with Crippen molar-refractivity contribution in [3.63, 3.8) is 0 Å². The van der Waals surface area contributed by atoms with E-state index in [1.54, 1.807) is 50.6 Å². The van der Waals surface area contributed by atoms with Crippen LogP contribution in [0.15, 0.2) is 121 Å². The van der Waals surface area contributed by atoms with E-state index in [1.807, 2.05) is 74.5 Å². The lowest BCUT2D eigenvalue weighted by molar-refractivity contribution is 0.344. The SMILES string of the molecule is CC(C)(c1ccc(O)cc1)c1ccc(O)cc1.COc1cc(CCC[Si](C)(C)O[Si](C)(C)CCCc2ccc(O)c(OC)c2)ccc1O.Cc1cc(C2(c3ccc(O)c(C)c3)CCCCC2)ccc1O. The third-order valence-corrected chi connectivity index (χ3v) is 21.4. The molecule has 0 heterocycles. The lowest BCUT2D eigenvalue weighted by Crippen LogP contribution is -2.44. The fourth-order valence-corrected chi connectivity index (χ4v) is 18.6. The molecule has 6 aromatic rings. The Balaban J connectivity index is 0.000000205. The number of methoxy groups -OCH3 is 2. The highest BCUT2D eigenvalue weighted by molar-refractivity contribution is 6.84. The summed E-state index contributed by atoms with van der Waals surface area (Å²) in [6.07, 6.45) is 10.1. The molecule has 0 bridgehead atoms. The summed E-state index contributed by atoms with van der Waals surface area (Å²) >= 11 is 0. The van der Waals surface area contributed by atoms with Crippen LogP contribution in [0.1, 0.15) is 103 Å². The Morgan fingerprint density at radius 2 is 0.857 bits per heavy atom. The topological polar surface area (TPSA) is 149 Å². The molecule has 0 atom stereocenters. The van der Waals surface area contributed by atoms with Gasteiger partial charge in [0.1, 0.15) is 23.0 Å². The van der Waals surface area contributed by atoms with E-state index in [9.17, 15) is 30.6 Å². The van der Waals surface area contributed by atoms with E-state index in [-0.39, 0.29) is 33.8 Å². The van der Waals surface area contributed by atoms with Gasteiger partial charge in [0.2, 0.25) is 0 Å². The highest BCUT2D eigenvalue weighted by Crippen LogP contribution is 2.46. The van der Waals surface area contributed by atoms with Crippen LogP contribution in [0.5, 0.6) is 46.0 Å². The standard InChI is InChI=1S/C24H38O5Si2.C20H24O2.C15H16O2/c1-27-23-17-19(11-13-21(23)25)9-7-15-30(3,4)29-31(5,6)16-8-10-20-12-14-22(26)24(18-20)28-2;1-14-12-16(6-8-18(14)21)20(10-4-3-5-11-20)17-7-9-19(22)15(2)13-17;1-15(2,11-3-7-13(16)8-4-11)12-5-9-14(17)10-6-12/h11-14,17-18,25-26H,7-10,15-16H2,1-6H3;6-9,12-13,21-22H,3-5,10-11H2,1-2H3;3-10,16-17H,1-2H3. The molecule has 0 aromatic heterocycles. The molecule has 1 aliphatic carbocycles. The van der Waals surface area contributed by atoms with Crippen LogP contribution in [0.25, 0.3) is 0 Å². The van der Waals surface area contributed by atoms with Crippen LogP contribution in [0.4, 0.5) is 0 Å². The molecule has 1 fully saturated rings. The lowest BCUT2D eigenvalue weighted by Gasteiger charge is -2.39. The van der Waals surface area contributed by atoms with Crippen LogP contribution in [0, 0.1) is 13.8 Å². The zero-order chi connectivity index (χ0) is 51.3. The Morgan fingerprint density at radius 3 is 1.21 bits per heavy atom. The summed E-state index contributed by atoms with van der Waals surface area (Å²) in [6, 6.07) is 39.8. The number of aryl methyl sites for hydroxylation is 4. The minimum absolute atomic E-state index is 0.00910. The smallest absolute Gasteiger partial charge is 0.173 e. The van der Waals surface area contributed by atoms with Gasteiger partial charge in [-0.1, -0.05) is 93.8 Å². The van der Waals surface area contributed by atoms with Crippen LogP contribution in [0.2, 0.25) is 38.3 Å². The second-order valence-corrected chi connectivity index (χ2v) is 29.6. The van der Waals surface area contributed by atoms with Crippen LogP contribution in [0.3, 0.4) is 0 Å². The van der Waals surface area contributed by atoms with E-state index >= 15 is 0 Å². The summed E-state index contributed by atoms with van der Waals surface area (Å²) in [4.78, 5) is 0. The molecular weight excluding hydrogens is 909 g/mol. The first-order valence-electron chi connectivity index (χ1n) is 24.7. The fourth-order valence-electron chi connectivity index (χ4n) is 9.77. The first-order chi connectivity index (χ1) is 33.1. The van der Waals surface area contributed by atoms with Gasteiger partial charge in [-0.05, 0) is 196 Å². The molecule has 11 heteroatoms. The largest absolute Gasteiger partial charge is 0.508 e. The Kier molecular flexibility index (Phi) is 19.1. The third kappa shape index (κ3) is 15.1. The number of hydrogen-bond acceptors (Lipinski definition) is 9. The molecule has 0 radical (unpaired) electrons. The van der Waals surface area contributed by atoms with E-state index < -0.39 is 16.6 Å². The molecule has 0 aliphatic heterocycles. The number of phenols is 6. The van der Waals surface area contributed by atoms with E-state index in [0.29, 0.717) is 23.0 Å². The van der Waals surface area contributed by atoms with Gasteiger partial charge in [0.15, 0.2) is 39.6 Å². The van der Waals surface area contributed by atoms with Crippen molar-refractivity contribution >= 4 is 16.6 Å². The Labute approximate surface area is 419 Å². The molecule has 376 valence electrons. The molecule has 0 spiro atoms. The minimum atomic E-state index is -1.75. The van der Waals surface area contributed by atoms with Gasteiger partial charge >= 0.3 is 0 Å². The van der Waals surface area contributed by atoms with Crippen LogP contribution >= 0.6 is 0 Å². The molecule has 1 saturated carbocycles. The van der Waals surface area contributed by atoms with Crippen molar-refractivity contribution in [3.05, 3.63) is 166 Å². The molecule has 70 heavy (non-hydrogen) atoms. The number of aromatic hydroxyl groups is 6. The maximum Gasteiger partial charge on any atom is 0.173 e. The first kappa shape index (κ1) is 55.0. The second kappa shape index (κ2) is 24.3. The van der Waals surface area contributed by atoms with E-state index in [0.717, 1.165) is 72.9 Å². The van der Waals surface area contributed by atoms with Crippen LogP contribution < -0.4 is 9.47 Å². The molecule has 0 unspecified atom stereocenters. The number of hydrogen-bond donors (Lipinski definition) is 6. The molecule has 7 rings (SSSR count). The first-order valence-corrected chi connectivity index (χ1v) is 30.9. The van der Waals surface area contributed by atoms with Gasteiger partial charge in [-0.15, -0.1) is 0 Å². The van der Waals surface area contributed by atoms with Gasteiger partial charge in [0.05, 0.1) is 14.2 Å². The average molecular weight is 987 g/mol. The predicted octanol–water partition coefficient (Wildman–Crippen LogP) is 14.5.